The van der Waals surface area contributed by atoms with E-state index in [0.717, 1.165) is 22.7 Å². The summed E-state index contributed by atoms with van der Waals surface area (Å²) in [6, 6.07) is 83.8. The summed E-state index contributed by atoms with van der Waals surface area (Å²) < 4.78 is 2.39. The number of para-hydroxylation sites is 2. The molecule has 0 N–H and O–H groups in total. The molecule has 58 heavy (non-hydrogen) atoms. The minimum Gasteiger partial charge on any atom is -0.310 e. The second-order valence-electron chi connectivity index (χ2n) is 15.0. The van der Waals surface area contributed by atoms with E-state index in [9.17, 15) is 0 Å². The van der Waals surface area contributed by atoms with Crippen LogP contribution in [0.3, 0.4) is 0 Å². The highest BCUT2D eigenvalue weighted by molar-refractivity contribution is 6.16. The zero-order chi connectivity index (χ0) is 38.4. The Labute approximate surface area is 338 Å². The topological polar surface area (TPSA) is 8.17 Å². The lowest BCUT2D eigenvalue weighted by Gasteiger charge is -2.27. The van der Waals surface area contributed by atoms with Crippen LogP contribution in [0.25, 0.3) is 82.4 Å². The maximum Gasteiger partial charge on any atom is 0.0547 e. The van der Waals surface area contributed by atoms with Crippen LogP contribution < -0.4 is 4.90 Å². The van der Waals surface area contributed by atoms with Crippen LogP contribution in [0, 0.1) is 0 Å². The van der Waals surface area contributed by atoms with E-state index in [1.54, 1.807) is 0 Å². The zero-order valence-corrected chi connectivity index (χ0v) is 31.8. The van der Waals surface area contributed by atoms with Crippen molar-refractivity contribution in [3.05, 3.63) is 231 Å². The predicted molar refractivity (Wildman–Crippen MR) is 247 cm³/mol. The second-order valence-corrected chi connectivity index (χ2v) is 15.0. The smallest absolute Gasteiger partial charge is 0.0547 e. The molecule has 0 radical (unpaired) electrons. The van der Waals surface area contributed by atoms with Crippen molar-refractivity contribution >= 4 is 60.4 Å². The standard InChI is InChI=1S/C56H38N2/c1-2-21-48(22-3-1)58-54-28-9-8-26-53(54)56-52(27-13-29-55(56)58)47-20-12-25-51(38-47)57(49-23-10-18-43(36-49)45-32-30-39-14-4-6-16-41(39)34-45)50-24-11-19-44(37-50)46-33-31-40-15-5-7-17-42(40)35-46/h1-38H. The monoisotopic (exact) mass is 738 g/mol. The van der Waals surface area contributed by atoms with Crippen molar-refractivity contribution in [1.29, 1.82) is 0 Å². The summed E-state index contributed by atoms with van der Waals surface area (Å²) in [7, 11) is 0. The van der Waals surface area contributed by atoms with Gasteiger partial charge in [0.1, 0.15) is 0 Å². The largest absolute Gasteiger partial charge is 0.310 e. The van der Waals surface area contributed by atoms with Crippen molar-refractivity contribution in [3.8, 4) is 39.1 Å². The van der Waals surface area contributed by atoms with Crippen molar-refractivity contribution in [2.24, 2.45) is 0 Å². The Morgan fingerprint density at radius 1 is 0.293 bits per heavy atom. The number of rotatable bonds is 7. The quantitative estimate of drug-likeness (QED) is 0.158. The Balaban J connectivity index is 1.09. The molecule has 11 rings (SSSR count). The number of hydrogen-bond donors (Lipinski definition) is 0. The number of aromatic nitrogens is 1. The van der Waals surface area contributed by atoms with E-state index in [-0.39, 0.29) is 0 Å². The zero-order valence-electron chi connectivity index (χ0n) is 31.8. The van der Waals surface area contributed by atoms with E-state index < -0.39 is 0 Å². The van der Waals surface area contributed by atoms with Gasteiger partial charge in [0, 0.05) is 33.5 Å². The van der Waals surface area contributed by atoms with Crippen molar-refractivity contribution in [1.82, 2.24) is 4.57 Å². The van der Waals surface area contributed by atoms with Crippen LogP contribution in [0.1, 0.15) is 0 Å². The summed E-state index contributed by atoms with van der Waals surface area (Å²) in [5, 5.41) is 7.45. The van der Waals surface area contributed by atoms with E-state index in [4.69, 9.17) is 0 Å². The molecule has 2 heteroatoms. The van der Waals surface area contributed by atoms with Crippen LogP contribution in [-0.4, -0.2) is 4.57 Å². The Morgan fingerprint density at radius 2 is 0.759 bits per heavy atom. The van der Waals surface area contributed by atoms with Crippen LogP contribution in [-0.2, 0) is 0 Å². The third-order valence-electron chi connectivity index (χ3n) is 11.5. The first-order valence-corrected chi connectivity index (χ1v) is 19.9. The summed E-state index contributed by atoms with van der Waals surface area (Å²) in [6.45, 7) is 0. The Hall–Kier alpha value is -7.68. The number of hydrogen-bond acceptors (Lipinski definition) is 1. The van der Waals surface area contributed by atoms with Gasteiger partial charge in [-0.25, -0.2) is 0 Å². The van der Waals surface area contributed by atoms with Gasteiger partial charge in [0.25, 0.3) is 0 Å². The van der Waals surface area contributed by atoms with Crippen molar-refractivity contribution in [2.45, 2.75) is 0 Å². The van der Waals surface area contributed by atoms with Gasteiger partial charge in [0.2, 0.25) is 0 Å². The maximum absolute atomic E-state index is 2.41. The Bertz CT molecular complexity index is 3180. The van der Waals surface area contributed by atoms with Gasteiger partial charge >= 0.3 is 0 Å². The van der Waals surface area contributed by atoms with E-state index in [1.165, 1.54) is 76.7 Å². The molecule has 1 aromatic heterocycles. The first kappa shape index (κ1) is 33.6. The highest BCUT2D eigenvalue weighted by Crippen LogP contribution is 2.43. The predicted octanol–water partition coefficient (Wildman–Crippen LogP) is 15.6. The highest BCUT2D eigenvalue weighted by Gasteiger charge is 2.19. The molecule has 0 saturated heterocycles. The lowest BCUT2D eigenvalue weighted by Crippen LogP contribution is -2.10. The minimum atomic E-state index is 1.09. The van der Waals surface area contributed by atoms with Gasteiger partial charge < -0.3 is 9.47 Å². The summed E-state index contributed by atoms with van der Waals surface area (Å²) in [5.41, 5.74) is 13.9. The Morgan fingerprint density at radius 3 is 1.38 bits per heavy atom. The lowest BCUT2D eigenvalue weighted by molar-refractivity contribution is 1.18. The first-order chi connectivity index (χ1) is 28.7. The van der Waals surface area contributed by atoms with Crippen LogP contribution in [0.2, 0.25) is 0 Å². The van der Waals surface area contributed by atoms with Crippen molar-refractivity contribution in [3.63, 3.8) is 0 Å². The fourth-order valence-corrected chi connectivity index (χ4v) is 8.76. The molecule has 0 saturated carbocycles. The molecule has 0 fully saturated rings. The Kier molecular flexibility index (Phi) is 8.19. The van der Waals surface area contributed by atoms with E-state index >= 15 is 0 Å². The first-order valence-electron chi connectivity index (χ1n) is 19.9. The molecule has 272 valence electrons. The average molecular weight is 739 g/mol. The summed E-state index contributed by atoms with van der Waals surface area (Å²) in [4.78, 5) is 2.41. The third kappa shape index (κ3) is 5.91. The normalized spacial score (nSPS) is 11.4. The van der Waals surface area contributed by atoms with E-state index in [2.05, 4.69) is 240 Å². The van der Waals surface area contributed by atoms with Gasteiger partial charge in [-0.15, -0.1) is 0 Å². The van der Waals surface area contributed by atoms with Gasteiger partial charge in [-0.05, 0) is 128 Å². The summed E-state index contributed by atoms with van der Waals surface area (Å²) in [6.07, 6.45) is 0. The van der Waals surface area contributed by atoms with Crippen molar-refractivity contribution in [2.75, 3.05) is 4.90 Å². The van der Waals surface area contributed by atoms with Gasteiger partial charge in [-0.1, -0.05) is 158 Å². The molecular formula is C56H38N2. The molecule has 0 bridgehead atoms. The van der Waals surface area contributed by atoms with Crippen LogP contribution in [0.15, 0.2) is 231 Å². The van der Waals surface area contributed by atoms with Crippen LogP contribution >= 0.6 is 0 Å². The van der Waals surface area contributed by atoms with E-state index in [1.807, 2.05) is 0 Å². The van der Waals surface area contributed by atoms with Crippen LogP contribution in [0.5, 0.6) is 0 Å². The highest BCUT2D eigenvalue weighted by atomic mass is 15.1. The average Bonchev–Trinajstić information content (AvgIpc) is 3.64. The van der Waals surface area contributed by atoms with Gasteiger partial charge in [-0.2, -0.15) is 0 Å². The second kappa shape index (κ2) is 14.1. The lowest BCUT2D eigenvalue weighted by atomic mass is 9.97. The van der Waals surface area contributed by atoms with Gasteiger partial charge in [0.05, 0.1) is 11.0 Å². The van der Waals surface area contributed by atoms with Crippen molar-refractivity contribution < 1.29 is 0 Å². The molecule has 10 aromatic carbocycles. The molecular weight excluding hydrogens is 701 g/mol. The van der Waals surface area contributed by atoms with Gasteiger partial charge in [-0.3, -0.25) is 0 Å². The number of benzene rings is 10. The summed E-state index contributed by atoms with van der Waals surface area (Å²) >= 11 is 0. The molecule has 0 amide bonds. The van der Waals surface area contributed by atoms with E-state index in [0.29, 0.717) is 0 Å². The number of anilines is 3. The molecule has 0 aliphatic heterocycles. The van der Waals surface area contributed by atoms with Gasteiger partial charge in [0.15, 0.2) is 0 Å². The molecule has 0 spiro atoms. The number of nitrogens with zero attached hydrogens (tertiary/aromatic N) is 2. The molecule has 2 nitrogen and oxygen atoms in total. The SMILES string of the molecule is c1ccc(-n2c3ccccc3c3c(-c4cccc(N(c5cccc(-c6ccc7ccccc7c6)c5)c5cccc(-c6ccc7ccccc7c6)c5)c4)cccc32)cc1. The molecule has 11 aromatic rings. The molecule has 0 atom stereocenters. The molecule has 0 aliphatic rings. The molecule has 1 heterocycles. The fourth-order valence-electron chi connectivity index (χ4n) is 8.76. The summed E-state index contributed by atoms with van der Waals surface area (Å²) in [5.74, 6) is 0. The molecule has 0 unspecified atom stereocenters. The number of fused-ring (bicyclic) bond motifs is 5. The maximum atomic E-state index is 2.41. The third-order valence-corrected chi connectivity index (χ3v) is 11.5. The molecule has 0 aliphatic carbocycles. The minimum absolute atomic E-state index is 1.09. The fraction of sp³-hybridized carbons (Fsp3) is 0. The van der Waals surface area contributed by atoms with Crippen LogP contribution in [0.4, 0.5) is 17.1 Å².